The lowest BCUT2D eigenvalue weighted by Gasteiger charge is -2.17. The number of pyridine rings is 1. The Labute approximate surface area is 151 Å². The van der Waals surface area contributed by atoms with Crippen molar-refractivity contribution in [3.05, 3.63) is 39.9 Å². The Hall–Kier alpha value is -1.95. The highest BCUT2D eigenvalue weighted by Crippen LogP contribution is 2.45. The third-order valence-electron chi connectivity index (χ3n) is 4.02. The second kappa shape index (κ2) is 8.43. The average Bonchev–Trinajstić information content (AvgIpc) is 3.40. The van der Waals surface area contributed by atoms with Crippen molar-refractivity contribution in [2.45, 2.75) is 39.5 Å². The molecule has 1 aliphatic carbocycles. The molecule has 1 unspecified atom stereocenters. The summed E-state index contributed by atoms with van der Waals surface area (Å²) in [7, 11) is 0. The van der Waals surface area contributed by atoms with Gasteiger partial charge in [0.15, 0.2) is 5.82 Å². The van der Waals surface area contributed by atoms with Gasteiger partial charge in [-0.1, -0.05) is 17.7 Å². The van der Waals surface area contributed by atoms with Crippen molar-refractivity contribution in [2.24, 2.45) is 5.92 Å². The summed E-state index contributed by atoms with van der Waals surface area (Å²) in [5.74, 6) is -2.19. The first kappa shape index (κ1) is 19.4. The van der Waals surface area contributed by atoms with Crippen molar-refractivity contribution >= 4 is 23.5 Å². The maximum absolute atomic E-state index is 13.6. The van der Waals surface area contributed by atoms with Crippen LogP contribution in [0.2, 0.25) is 5.02 Å². The van der Waals surface area contributed by atoms with E-state index in [1.54, 1.807) is 20.8 Å². The van der Waals surface area contributed by atoms with E-state index in [4.69, 9.17) is 21.1 Å². The highest BCUT2D eigenvalue weighted by Gasteiger charge is 2.35. The Kier molecular flexibility index (Phi) is 6.53. The van der Waals surface area contributed by atoms with Crippen LogP contribution in [0.1, 0.15) is 43.9 Å². The summed E-state index contributed by atoms with van der Waals surface area (Å²) in [4.78, 5) is 28.5. The molecule has 136 valence electrons. The van der Waals surface area contributed by atoms with Gasteiger partial charge in [-0.2, -0.15) is 0 Å². The van der Waals surface area contributed by atoms with Crippen LogP contribution in [-0.4, -0.2) is 30.1 Å². The number of rotatable bonds is 7. The van der Waals surface area contributed by atoms with Crippen LogP contribution in [0.15, 0.2) is 17.8 Å². The van der Waals surface area contributed by atoms with Gasteiger partial charge in [0.1, 0.15) is 5.57 Å². The zero-order chi connectivity index (χ0) is 18.6. The zero-order valence-corrected chi connectivity index (χ0v) is 15.2. The normalized spacial score (nSPS) is 14.6. The van der Waals surface area contributed by atoms with Crippen LogP contribution in [0.4, 0.5) is 4.39 Å². The Morgan fingerprint density at radius 3 is 2.36 bits per heavy atom. The fraction of sp³-hybridized carbons (Fsp3) is 0.500. The molecule has 1 heterocycles. The molecule has 1 fully saturated rings. The van der Waals surface area contributed by atoms with Crippen molar-refractivity contribution in [1.82, 2.24) is 4.98 Å². The first-order valence-electron chi connectivity index (χ1n) is 8.27. The molecule has 0 aliphatic heterocycles. The monoisotopic (exact) mass is 369 g/mol. The van der Waals surface area contributed by atoms with Crippen LogP contribution in [0, 0.1) is 18.7 Å². The summed E-state index contributed by atoms with van der Waals surface area (Å²) in [5.41, 5.74) is 0.893. The fourth-order valence-corrected chi connectivity index (χ4v) is 2.76. The van der Waals surface area contributed by atoms with Gasteiger partial charge in [0, 0.05) is 5.92 Å². The Bertz CT molecular complexity index is 681. The van der Waals surface area contributed by atoms with Gasteiger partial charge < -0.3 is 9.47 Å². The molecule has 7 heteroatoms. The minimum atomic E-state index is -0.738. The van der Waals surface area contributed by atoms with Crippen molar-refractivity contribution in [3.8, 4) is 0 Å². The zero-order valence-electron chi connectivity index (χ0n) is 14.5. The van der Waals surface area contributed by atoms with Crippen LogP contribution in [0.3, 0.4) is 0 Å². The number of nitrogens with zero attached hydrogens (tertiary/aromatic N) is 1. The summed E-state index contributed by atoms with van der Waals surface area (Å²) in [5, 5.41) is -0.00197. The molecule has 0 spiro atoms. The lowest BCUT2D eigenvalue weighted by molar-refractivity contribution is -0.146. The van der Waals surface area contributed by atoms with E-state index >= 15 is 0 Å². The second-order valence-corrected chi connectivity index (χ2v) is 6.19. The van der Waals surface area contributed by atoms with Gasteiger partial charge in [0.25, 0.3) is 0 Å². The number of hydrogen-bond donors (Lipinski definition) is 0. The van der Waals surface area contributed by atoms with Gasteiger partial charge in [-0.15, -0.1) is 0 Å². The summed E-state index contributed by atoms with van der Waals surface area (Å²) >= 11 is 5.99. The fourth-order valence-electron chi connectivity index (χ4n) is 2.62. The van der Waals surface area contributed by atoms with Crippen molar-refractivity contribution in [1.29, 1.82) is 0 Å². The third-order valence-corrected chi connectivity index (χ3v) is 4.49. The van der Waals surface area contributed by atoms with E-state index < -0.39 is 17.8 Å². The standard InChI is InChI=1S/C18H21ClFNO4/c1-4-24-17(22)13(18(23)25-5-2)8-12(11-6-7-11)16-10(3)15(19)14(20)9-21-16/h8-9,11-12H,4-7H2,1-3H3. The molecule has 0 saturated heterocycles. The topological polar surface area (TPSA) is 65.5 Å². The van der Waals surface area contributed by atoms with Gasteiger partial charge in [0.05, 0.1) is 30.1 Å². The molecule has 2 rings (SSSR count). The number of esters is 2. The van der Waals surface area contributed by atoms with Gasteiger partial charge in [-0.25, -0.2) is 14.0 Å². The van der Waals surface area contributed by atoms with Gasteiger partial charge in [0.2, 0.25) is 0 Å². The smallest absolute Gasteiger partial charge is 0.345 e. The Morgan fingerprint density at radius 1 is 1.32 bits per heavy atom. The minimum Gasteiger partial charge on any atom is -0.462 e. The van der Waals surface area contributed by atoms with Crippen LogP contribution in [0.5, 0.6) is 0 Å². The minimum absolute atomic E-state index is 0.00197. The van der Waals surface area contributed by atoms with Crippen LogP contribution >= 0.6 is 11.6 Å². The molecule has 0 N–H and O–H groups in total. The average molecular weight is 370 g/mol. The molecule has 1 aliphatic rings. The quantitative estimate of drug-likeness (QED) is 0.317. The number of hydrogen-bond acceptors (Lipinski definition) is 5. The molecule has 0 aromatic carbocycles. The van der Waals surface area contributed by atoms with E-state index in [2.05, 4.69) is 4.98 Å². The largest absolute Gasteiger partial charge is 0.462 e. The number of carbonyl (C=O) groups excluding carboxylic acids is 2. The molecule has 1 saturated carbocycles. The van der Waals surface area contributed by atoms with E-state index in [0.717, 1.165) is 19.0 Å². The number of aromatic nitrogens is 1. The second-order valence-electron chi connectivity index (χ2n) is 5.81. The van der Waals surface area contributed by atoms with E-state index in [1.807, 2.05) is 0 Å². The molecule has 1 aromatic rings. The Morgan fingerprint density at radius 2 is 1.88 bits per heavy atom. The van der Waals surface area contributed by atoms with Crippen LogP contribution in [0.25, 0.3) is 0 Å². The molecular formula is C18H21ClFNO4. The van der Waals surface area contributed by atoms with Crippen molar-refractivity contribution < 1.29 is 23.5 Å². The maximum atomic E-state index is 13.6. The van der Waals surface area contributed by atoms with Gasteiger partial charge in [-0.05, 0) is 45.1 Å². The lowest BCUT2D eigenvalue weighted by Crippen LogP contribution is -2.20. The van der Waals surface area contributed by atoms with Gasteiger partial charge in [-0.3, -0.25) is 4.98 Å². The summed E-state index contributed by atoms with van der Waals surface area (Å²) < 4.78 is 23.5. The third kappa shape index (κ3) is 4.57. The van der Waals surface area contributed by atoms with E-state index in [9.17, 15) is 14.0 Å². The molecule has 5 nitrogen and oxygen atoms in total. The number of carbonyl (C=O) groups is 2. The number of allylic oxidation sites excluding steroid dienone is 1. The van der Waals surface area contributed by atoms with Crippen molar-refractivity contribution in [3.63, 3.8) is 0 Å². The van der Waals surface area contributed by atoms with Crippen LogP contribution < -0.4 is 0 Å². The number of halogens is 2. The lowest BCUT2D eigenvalue weighted by atomic mass is 9.93. The SMILES string of the molecule is CCOC(=O)C(=CC(c1ncc(F)c(Cl)c1C)C1CC1)C(=O)OCC. The molecular weight excluding hydrogens is 349 g/mol. The van der Waals surface area contributed by atoms with E-state index in [1.165, 1.54) is 6.08 Å². The van der Waals surface area contributed by atoms with Gasteiger partial charge >= 0.3 is 11.9 Å². The molecule has 0 bridgehead atoms. The van der Waals surface area contributed by atoms with E-state index in [0.29, 0.717) is 11.3 Å². The first-order chi connectivity index (χ1) is 11.9. The van der Waals surface area contributed by atoms with Crippen LogP contribution in [-0.2, 0) is 19.1 Å². The summed E-state index contributed by atoms with van der Waals surface area (Å²) in [6, 6.07) is 0. The summed E-state index contributed by atoms with van der Waals surface area (Å²) in [6.07, 6.45) is 4.44. The molecule has 0 amide bonds. The predicted molar refractivity (Wildman–Crippen MR) is 90.8 cm³/mol. The van der Waals surface area contributed by atoms with Crippen molar-refractivity contribution in [2.75, 3.05) is 13.2 Å². The number of ether oxygens (including phenoxy) is 2. The molecule has 1 atom stereocenters. The van der Waals surface area contributed by atoms with E-state index in [-0.39, 0.29) is 35.6 Å². The highest BCUT2D eigenvalue weighted by molar-refractivity contribution is 6.31. The molecule has 25 heavy (non-hydrogen) atoms. The maximum Gasteiger partial charge on any atom is 0.345 e. The molecule has 0 radical (unpaired) electrons. The highest BCUT2D eigenvalue weighted by atomic mass is 35.5. The first-order valence-corrected chi connectivity index (χ1v) is 8.64. The molecule has 1 aromatic heterocycles. The predicted octanol–water partition coefficient (Wildman–Crippen LogP) is 3.73. The Balaban J connectivity index is 2.46. The summed E-state index contributed by atoms with van der Waals surface area (Å²) in [6.45, 7) is 5.27.